The van der Waals surface area contributed by atoms with Gasteiger partial charge in [0.2, 0.25) is 0 Å². The molecule has 1 aliphatic carbocycles. The molecule has 1 aromatic heterocycles. The van der Waals surface area contributed by atoms with Gasteiger partial charge in [-0.1, -0.05) is 0 Å². The summed E-state index contributed by atoms with van der Waals surface area (Å²) in [5.41, 5.74) is -0.699. The Morgan fingerprint density at radius 2 is 1.95 bits per heavy atom. The van der Waals surface area contributed by atoms with E-state index in [9.17, 15) is 13.2 Å². The Balaban J connectivity index is 1.98. The van der Waals surface area contributed by atoms with Crippen molar-refractivity contribution < 1.29 is 13.2 Å². The van der Waals surface area contributed by atoms with Crippen LogP contribution in [0.15, 0.2) is 12.1 Å². The van der Waals surface area contributed by atoms with Gasteiger partial charge in [0.1, 0.15) is 11.6 Å². The minimum Gasteiger partial charge on any atom is -0.373 e. The van der Waals surface area contributed by atoms with Crippen LogP contribution in [0.1, 0.15) is 18.4 Å². The third-order valence-corrected chi connectivity index (χ3v) is 3.35. The Labute approximate surface area is 116 Å². The number of hydrogen-bond acceptors (Lipinski definition) is 4. The molecule has 0 atom stereocenters. The highest BCUT2D eigenvalue weighted by molar-refractivity contribution is 5.49. The van der Waals surface area contributed by atoms with Crippen LogP contribution in [0, 0.1) is 0 Å². The molecule has 0 radical (unpaired) electrons. The number of likely N-dealkylation sites (N-methyl/N-ethyl adjacent to an activating group) is 1. The van der Waals surface area contributed by atoms with Crippen LogP contribution in [-0.2, 0) is 6.18 Å². The molecule has 0 amide bonds. The van der Waals surface area contributed by atoms with Crippen LogP contribution >= 0.6 is 0 Å². The molecular formula is C13H19F3N4. The van der Waals surface area contributed by atoms with Crippen molar-refractivity contribution in [2.75, 3.05) is 37.8 Å². The molecule has 1 heterocycles. The lowest BCUT2D eigenvalue weighted by Crippen LogP contribution is -2.27. The molecule has 0 aliphatic heterocycles. The van der Waals surface area contributed by atoms with Gasteiger partial charge in [0, 0.05) is 26.2 Å². The normalized spacial score (nSPS) is 15.5. The first kappa shape index (κ1) is 14.9. The van der Waals surface area contributed by atoms with E-state index in [1.807, 2.05) is 7.05 Å². The monoisotopic (exact) mass is 288 g/mol. The molecule has 4 nitrogen and oxygen atoms in total. The van der Waals surface area contributed by atoms with Gasteiger partial charge in [-0.15, -0.1) is 0 Å². The van der Waals surface area contributed by atoms with Gasteiger partial charge in [-0.05, 0) is 32.0 Å². The molecule has 0 spiro atoms. The van der Waals surface area contributed by atoms with E-state index in [1.54, 1.807) is 7.05 Å². The Bertz CT molecular complexity index is 457. The van der Waals surface area contributed by atoms with E-state index in [1.165, 1.54) is 12.8 Å². The second-order valence-corrected chi connectivity index (χ2v) is 5.01. The SMILES string of the molecule is CNc1cc(C(F)(F)F)cc(NCCN(C)C2CC2)n1. The highest BCUT2D eigenvalue weighted by Gasteiger charge is 2.31. The van der Waals surface area contributed by atoms with Crippen LogP contribution in [0.3, 0.4) is 0 Å². The van der Waals surface area contributed by atoms with E-state index in [4.69, 9.17) is 0 Å². The fourth-order valence-electron chi connectivity index (χ4n) is 1.97. The largest absolute Gasteiger partial charge is 0.416 e. The van der Waals surface area contributed by atoms with Crippen molar-refractivity contribution in [1.82, 2.24) is 9.88 Å². The average Bonchev–Trinajstić information content (AvgIpc) is 3.21. The van der Waals surface area contributed by atoms with Crippen LogP contribution in [-0.4, -0.2) is 43.1 Å². The van der Waals surface area contributed by atoms with Crippen molar-refractivity contribution in [3.8, 4) is 0 Å². The van der Waals surface area contributed by atoms with E-state index >= 15 is 0 Å². The predicted molar refractivity (Wildman–Crippen MR) is 72.9 cm³/mol. The standard InChI is InChI=1S/C13H19F3N4/c1-17-11-7-9(13(14,15)16)8-12(19-11)18-5-6-20(2)10-3-4-10/h7-8,10H,3-6H2,1-2H3,(H2,17,18,19). The van der Waals surface area contributed by atoms with Crippen molar-refractivity contribution in [1.29, 1.82) is 0 Å². The topological polar surface area (TPSA) is 40.2 Å². The lowest BCUT2D eigenvalue weighted by molar-refractivity contribution is -0.137. The summed E-state index contributed by atoms with van der Waals surface area (Å²) in [5, 5.41) is 5.60. The molecule has 0 unspecified atom stereocenters. The first-order valence-corrected chi connectivity index (χ1v) is 6.61. The van der Waals surface area contributed by atoms with Gasteiger partial charge in [-0.25, -0.2) is 4.98 Å². The second-order valence-electron chi connectivity index (χ2n) is 5.01. The zero-order chi connectivity index (χ0) is 14.8. The summed E-state index contributed by atoms with van der Waals surface area (Å²) in [4.78, 5) is 6.29. The maximum atomic E-state index is 12.8. The zero-order valence-corrected chi connectivity index (χ0v) is 11.6. The number of alkyl halides is 3. The number of rotatable bonds is 6. The molecule has 1 saturated carbocycles. The fourth-order valence-corrected chi connectivity index (χ4v) is 1.97. The lowest BCUT2D eigenvalue weighted by Gasteiger charge is -2.17. The van der Waals surface area contributed by atoms with Crippen molar-refractivity contribution in [2.24, 2.45) is 0 Å². The molecule has 2 N–H and O–H groups in total. The van der Waals surface area contributed by atoms with E-state index < -0.39 is 11.7 Å². The first-order chi connectivity index (χ1) is 9.40. The van der Waals surface area contributed by atoms with Crippen molar-refractivity contribution in [3.63, 3.8) is 0 Å². The summed E-state index contributed by atoms with van der Waals surface area (Å²) in [6.07, 6.45) is -1.94. The van der Waals surface area contributed by atoms with Gasteiger partial charge in [0.05, 0.1) is 5.56 Å². The molecule has 0 saturated heterocycles. The molecule has 0 bridgehead atoms. The van der Waals surface area contributed by atoms with Crippen LogP contribution < -0.4 is 10.6 Å². The quantitative estimate of drug-likeness (QED) is 0.844. The third kappa shape index (κ3) is 4.00. The summed E-state index contributed by atoms with van der Waals surface area (Å²) in [6, 6.07) is 2.68. The fraction of sp³-hybridized carbons (Fsp3) is 0.615. The highest BCUT2D eigenvalue weighted by Crippen LogP contribution is 2.32. The first-order valence-electron chi connectivity index (χ1n) is 6.61. The Morgan fingerprint density at radius 3 is 2.50 bits per heavy atom. The molecule has 1 fully saturated rings. The molecule has 2 rings (SSSR count). The number of anilines is 2. The molecular weight excluding hydrogens is 269 g/mol. The molecule has 0 aromatic carbocycles. The lowest BCUT2D eigenvalue weighted by atomic mass is 10.2. The van der Waals surface area contributed by atoms with Crippen molar-refractivity contribution >= 4 is 11.6 Å². The minimum absolute atomic E-state index is 0.206. The van der Waals surface area contributed by atoms with Crippen LogP contribution in [0.2, 0.25) is 0 Å². The Kier molecular flexibility index (Phi) is 4.37. The van der Waals surface area contributed by atoms with E-state index in [-0.39, 0.29) is 11.6 Å². The zero-order valence-electron chi connectivity index (χ0n) is 11.6. The van der Waals surface area contributed by atoms with Crippen LogP contribution in [0.5, 0.6) is 0 Å². The summed E-state index contributed by atoms with van der Waals surface area (Å²) >= 11 is 0. The van der Waals surface area contributed by atoms with Crippen molar-refractivity contribution in [3.05, 3.63) is 17.7 Å². The smallest absolute Gasteiger partial charge is 0.373 e. The molecule has 1 aliphatic rings. The number of nitrogens with one attached hydrogen (secondary N) is 2. The maximum Gasteiger partial charge on any atom is 0.416 e. The minimum atomic E-state index is -4.37. The summed E-state index contributed by atoms with van der Waals surface area (Å²) in [6.45, 7) is 1.36. The van der Waals surface area contributed by atoms with Gasteiger partial charge in [0.25, 0.3) is 0 Å². The number of pyridine rings is 1. The Morgan fingerprint density at radius 1 is 1.30 bits per heavy atom. The summed E-state index contributed by atoms with van der Waals surface area (Å²) < 4.78 is 38.3. The van der Waals surface area contributed by atoms with Gasteiger partial charge in [-0.2, -0.15) is 13.2 Å². The van der Waals surface area contributed by atoms with Gasteiger partial charge in [0.15, 0.2) is 0 Å². The molecule has 112 valence electrons. The number of halogens is 3. The van der Waals surface area contributed by atoms with Gasteiger partial charge >= 0.3 is 6.18 Å². The predicted octanol–water partition coefficient (Wildman–Crippen LogP) is 2.65. The van der Waals surface area contributed by atoms with Crippen molar-refractivity contribution in [2.45, 2.75) is 25.1 Å². The summed E-state index contributed by atoms with van der Waals surface area (Å²) in [5.74, 6) is 0.450. The summed E-state index contributed by atoms with van der Waals surface area (Å²) in [7, 11) is 3.57. The van der Waals surface area contributed by atoms with Gasteiger partial charge < -0.3 is 15.5 Å². The second kappa shape index (κ2) is 5.87. The number of aromatic nitrogens is 1. The number of hydrogen-bond donors (Lipinski definition) is 2. The average molecular weight is 288 g/mol. The molecule has 7 heteroatoms. The van der Waals surface area contributed by atoms with E-state index in [2.05, 4.69) is 20.5 Å². The number of nitrogens with zero attached hydrogens (tertiary/aromatic N) is 2. The van der Waals surface area contributed by atoms with Crippen LogP contribution in [0.4, 0.5) is 24.8 Å². The Hall–Kier alpha value is -1.50. The maximum absolute atomic E-state index is 12.8. The molecule has 1 aromatic rings. The third-order valence-electron chi connectivity index (χ3n) is 3.35. The highest BCUT2D eigenvalue weighted by atomic mass is 19.4. The van der Waals surface area contributed by atoms with Crippen LogP contribution in [0.25, 0.3) is 0 Å². The van der Waals surface area contributed by atoms with E-state index in [0.717, 1.165) is 18.7 Å². The molecule has 20 heavy (non-hydrogen) atoms. The van der Waals surface area contributed by atoms with E-state index in [0.29, 0.717) is 12.6 Å². The van der Waals surface area contributed by atoms with Gasteiger partial charge in [-0.3, -0.25) is 0 Å².